The van der Waals surface area contributed by atoms with Crippen LogP contribution < -0.4 is 0 Å². The fourth-order valence-electron chi connectivity index (χ4n) is 7.70. The van der Waals surface area contributed by atoms with E-state index in [4.69, 9.17) is 0 Å². The lowest BCUT2D eigenvalue weighted by Crippen LogP contribution is -1.98. The van der Waals surface area contributed by atoms with Crippen molar-refractivity contribution in [3.8, 4) is 22.3 Å². The Hall–Kier alpha value is -5.22. The second kappa shape index (κ2) is 9.64. The highest BCUT2D eigenvalue weighted by atomic mass is 19.1. The van der Waals surface area contributed by atoms with Crippen molar-refractivity contribution in [2.75, 3.05) is 0 Å². The summed E-state index contributed by atoms with van der Waals surface area (Å²) in [4.78, 5) is 0. The summed E-state index contributed by atoms with van der Waals surface area (Å²) in [5.74, 6) is -0.439. The van der Waals surface area contributed by atoms with Crippen LogP contribution >= 0.6 is 0 Å². The van der Waals surface area contributed by atoms with E-state index in [1.165, 1.54) is 90.1 Å². The lowest BCUT2D eigenvalue weighted by atomic mass is 9.96. The first kappa shape index (κ1) is 26.2. The molecule has 0 spiro atoms. The molecule has 6 aromatic carbocycles. The van der Waals surface area contributed by atoms with Crippen molar-refractivity contribution in [2.24, 2.45) is 14.1 Å². The molecule has 1 aliphatic rings. The topological polar surface area (TPSA) is 9.86 Å². The molecule has 2 aromatic heterocycles. The third-order valence-corrected chi connectivity index (χ3v) is 10.1. The second-order valence-corrected chi connectivity index (χ2v) is 12.5. The van der Waals surface area contributed by atoms with Gasteiger partial charge in [0, 0.05) is 58.6 Å². The van der Waals surface area contributed by atoms with Gasteiger partial charge < -0.3 is 9.13 Å². The first-order chi connectivity index (χ1) is 21.9. The molecule has 8 aromatic rings. The minimum Gasteiger partial charge on any atom is -0.344 e. The number of halogens is 2. The van der Waals surface area contributed by atoms with E-state index >= 15 is 0 Å². The average molecular weight is 589 g/mol. The number of aromatic nitrogens is 2. The SMILES string of the molecule is Cn1c2cc(-c3ccc(F)cc3)ccc2c2cc3c(cc21)CCc1ccc2c4ccc(-c5ccc(F)cc5)cc4n(C)c2c1C3. The van der Waals surface area contributed by atoms with Gasteiger partial charge in [0.25, 0.3) is 0 Å². The fraction of sp³-hybridized carbons (Fsp3) is 0.122. The molecular weight excluding hydrogens is 558 g/mol. The Balaban J connectivity index is 1.18. The molecule has 0 aliphatic heterocycles. The Morgan fingerprint density at radius 2 is 0.956 bits per heavy atom. The van der Waals surface area contributed by atoms with Crippen molar-refractivity contribution in [1.29, 1.82) is 0 Å². The van der Waals surface area contributed by atoms with E-state index in [0.717, 1.165) is 41.5 Å². The van der Waals surface area contributed by atoms with Crippen molar-refractivity contribution in [3.63, 3.8) is 0 Å². The highest BCUT2D eigenvalue weighted by Crippen LogP contribution is 2.40. The van der Waals surface area contributed by atoms with E-state index in [-0.39, 0.29) is 11.6 Å². The molecule has 0 saturated heterocycles. The molecule has 45 heavy (non-hydrogen) atoms. The summed E-state index contributed by atoms with van der Waals surface area (Å²) in [6, 6.07) is 36.1. The Kier molecular flexibility index (Phi) is 5.61. The Morgan fingerprint density at radius 1 is 0.444 bits per heavy atom. The van der Waals surface area contributed by atoms with Crippen molar-refractivity contribution in [3.05, 3.63) is 143 Å². The van der Waals surface area contributed by atoms with E-state index in [2.05, 4.69) is 83.9 Å². The summed E-state index contributed by atoms with van der Waals surface area (Å²) >= 11 is 0. The summed E-state index contributed by atoms with van der Waals surface area (Å²) in [5.41, 5.74) is 14.7. The van der Waals surface area contributed by atoms with E-state index in [1.807, 2.05) is 24.3 Å². The Bertz CT molecular complexity index is 2480. The van der Waals surface area contributed by atoms with Gasteiger partial charge in [0.1, 0.15) is 11.6 Å². The van der Waals surface area contributed by atoms with Crippen LogP contribution in [0.15, 0.2) is 109 Å². The van der Waals surface area contributed by atoms with Crippen LogP contribution in [0.5, 0.6) is 0 Å². The lowest BCUT2D eigenvalue weighted by molar-refractivity contribution is 0.627. The molecule has 2 heterocycles. The average Bonchev–Trinajstić information content (AvgIpc) is 3.41. The van der Waals surface area contributed by atoms with E-state index in [0.29, 0.717) is 0 Å². The van der Waals surface area contributed by atoms with Crippen molar-refractivity contribution >= 4 is 43.6 Å². The molecule has 0 saturated carbocycles. The van der Waals surface area contributed by atoms with Gasteiger partial charge >= 0.3 is 0 Å². The predicted molar refractivity (Wildman–Crippen MR) is 182 cm³/mol. The lowest BCUT2D eigenvalue weighted by Gasteiger charge is -2.11. The van der Waals surface area contributed by atoms with Gasteiger partial charge in [0.2, 0.25) is 0 Å². The maximum Gasteiger partial charge on any atom is 0.123 e. The fourth-order valence-corrected chi connectivity index (χ4v) is 7.70. The highest BCUT2D eigenvalue weighted by Gasteiger charge is 2.22. The molecule has 0 bridgehead atoms. The van der Waals surface area contributed by atoms with Crippen LogP contribution in [-0.2, 0) is 33.4 Å². The number of hydrogen-bond donors (Lipinski definition) is 0. The molecule has 0 atom stereocenters. The van der Waals surface area contributed by atoms with Gasteiger partial charge in [0.15, 0.2) is 0 Å². The van der Waals surface area contributed by atoms with Crippen molar-refractivity contribution < 1.29 is 8.78 Å². The van der Waals surface area contributed by atoms with Gasteiger partial charge in [-0.15, -0.1) is 0 Å². The monoisotopic (exact) mass is 588 g/mol. The number of fused-ring (bicyclic) bond motifs is 9. The van der Waals surface area contributed by atoms with Crippen LogP contribution in [0.1, 0.15) is 22.3 Å². The Labute approximate surface area is 259 Å². The molecule has 4 heteroatoms. The summed E-state index contributed by atoms with van der Waals surface area (Å²) in [6.45, 7) is 0. The van der Waals surface area contributed by atoms with Gasteiger partial charge in [-0.2, -0.15) is 0 Å². The zero-order valence-electron chi connectivity index (χ0n) is 25.2. The number of aryl methyl sites for hydroxylation is 4. The zero-order valence-corrected chi connectivity index (χ0v) is 25.2. The van der Waals surface area contributed by atoms with E-state index in [9.17, 15) is 8.78 Å². The Morgan fingerprint density at radius 3 is 1.60 bits per heavy atom. The maximum absolute atomic E-state index is 13.6. The summed E-state index contributed by atoms with van der Waals surface area (Å²) in [7, 11) is 4.33. The van der Waals surface area contributed by atoms with Crippen LogP contribution in [0.2, 0.25) is 0 Å². The van der Waals surface area contributed by atoms with Crippen LogP contribution in [0.25, 0.3) is 65.9 Å². The second-order valence-electron chi connectivity index (χ2n) is 12.5. The molecule has 0 radical (unpaired) electrons. The maximum atomic E-state index is 13.6. The molecule has 9 rings (SSSR count). The third kappa shape index (κ3) is 3.98. The first-order valence-electron chi connectivity index (χ1n) is 15.5. The molecular formula is C41H30F2N2. The molecule has 0 amide bonds. The molecule has 1 aliphatic carbocycles. The van der Waals surface area contributed by atoms with Crippen LogP contribution in [0.4, 0.5) is 8.78 Å². The molecule has 218 valence electrons. The zero-order chi connectivity index (χ0) is 30.4. The minimum atomic E-state index is -0.220. The van der Waals surface area contributed by atoms with E-state index in [1.54, 1.807) is 0 Å². The first-order valence-corrected chi connectivity index (χ1v) is 15.5. The van der Waals surface area contributed by atoms with Gasteiger partial charge in [0.05, 0.1) is 5.52 Å². The van der Waals surface area contributed by atoms with Crippen LogP contribution in [0.3, 0.4) is 0 Å². The quantitative estimate of drug-likeness (QED) is 0.190. The van der Waals surface area contributed by atoms with Crippen molar-refractivity contribution in [1.82, 2.24) is 9.13 Å². The van der Waals surface area contributed by atoms with Crippen LogP contribution in [0, 0.1) is 11.6 Å². The highest BCUT2D eigenvalue weighted by molar-refractivity contribution is 6.11. The van der Waals surface area contributed by atoms with Crippen LogP contribution in [-0.4, -0.2) is 9.13 Å². The number of hydrogen-bond acceptors (Lipinski definition) is 0. The largest absolute Gasteiger partial charge is 0.344 e. The minimum absolute atomic E-state index is 0.219. The van der Waals surface area contributed by atoms with E-state index < -0.39 is 0 Å². The smallest absolute Gasteiger partial charge is 0.123 e. The molecule has 2 nitrogen and oxygen atoms in total. The van der Waals surface area contributed by atoms with Gasteiger partial charge in [-0.3, -0.25) is 0 Å². The van der Waals surface area contributed by atoms with Crippen molar-refractivity contribution in [2.45, 2.75) is 19.3 Å². The standard InChI is InChI=1S/C41H30F2N2/c1-44-38-21-27(24-5-12-31(42)13-6-24)11-17-34(38)37-20-30-19-36-26(3-4-29(30)23-40(37)44)9-18-35-33-16-10-28(22-39(33)45(2)41(35)36)25-7-14-32(43)15-8-25/h5-18,20-23H,3-4,19H2,1-2H3. The summed E-state index contributed by atoms with van der Waals surface area (Å²) in [5, 5.41) is 5.03. The predicted octanol–water partition coefficient (Wildman–Crippen LogP) is 10.3. The van der Waals surface area contributed by atoms with Gasteiger partial charge in [-0.1, -0.05) is 60.7 Å². The molecule has 0 fully saturated rings. The number of rotatable bonds is 2. The summed E-state index contributed by atoms with van der Waals surface area (Å²) < 4.78 is 31.8. The number of benzene rings is 6. The third-order valence-electron chi connectivity index (χ3n) is 10.1. The normalized spacial score (nSPS) is 13.1. The molecule has 0 N–H and O–H groups in total. The van der Waals surface area contributed by atoms with Gasteiger partial charge in [-0.25, -0.2) is 8.78 Å². The number of nitrogens with zero attached hydrogens (tertiary/aromatic N) is 2. The molecule has 0 unspecified atom stereocenters. The van der Waals surface area contributed by atoms with Gasteiger partial charge in [-0.05, 0) is 106 Å². The summed E-state index contributed by atoms with van der Waals surface area (Å²) in [6.07, 6.45) is 2.90.